The summed E-state index contributed by atoms with van der Waals surface area (Å²) in [6.07, 6.45) is 1.04. The molecule has 1 aliphatic rings. The summed E-state index contributed by atoms with van der Waals surface area (Å²) in [4.78, 5) is 13.9. The number of aliphatic hydroxyl groups is 1. The summed E-state index contributed by atoms with van der Waals surface area (Å²) >= 11 is 0. The highest BCUT2D eigenvalue weighted by atomic mass is 19.1. The fourth-order valence-corrected chi connectivity index (χ4v) is 2.55. The lowest BCUT2D eigenvalue weighted by Gasteiger charge is -2.29. The molecule has 3 rings (SSSR count). The van der Waals surface area contributed by atoms with E-state index in [2.05, 4.69) is 0 Å². The number of carbonyl (C=O) groups is 1. The zero-order chi connectivity index (χ0) is 16.2. The van der Waals surface area contributed by atoms with Gasteiger partial charge in [0.05, 0.1) is 6.10 Å². The number of hydrogen-bond donors (Lipinski definition) is 1. The predicted molar refractivity (Wildman–Crippen MR) is 80.6 cm³/mol. The lowest BCUT2D eigenvalue weighted by atomic mass is 10.1. The van der Waals surface area contributed by atoms with E-state index < -0.39 is 6.10 Å². The fraction of sp³-hybridized carbons (Fsp3) is 0.353. The van der Waals surface area contributed by atoms with Crippen LogP contribution >= 0.6 is 0 Å². The van der Waals surface area contributed by atoms with Crippen LogP contribution in [0.4, 0.5) is 4.39 Å². The van der Waals surface area contributed by atoms with Crippen LogP contribution in [0, 0.1) is 5.82 Å². The standard InChI is InChI=1S/C17H18FNO4/c18-12-3-5-14(6-4-12)22-11-15-7-8-16(23-15)17(21)19-9-1-2-13(20)10-19/h3-8,13,20H,1-2,9-11H2/t13-/m1/s1. The van der Waals surface area contributed by atoms with E-state index in [1.165, 1.54) is 24.3 Å². The molecule has 0 radical (unpaired) electrons. The van der Waals surface area contributed by atoms with E-state index in [4.69, 9.17) is 9.15 Å². The number of nitrogens with zero attached hydrogens (tertiary/aromatic N) is 1. The third-order valence-electron chi connectivity index (χ3n) is 3.75. The molecule has 0 spiro atoms. The van der Waals surface area contributed by atoms with E-state index in [0.29, 0.717) is 24.6 Å². The second-order valence-electron chi connectivity index (χ2n) is 5.56. The molecule has 1 N–H and O–H groups in total. The molecule has 1 fully saturated rings. The number of furan rings is 1. The molecule has 23 heavy (non-hydrogen) atoms. The second-order valence-corrected chi connectivity index (χ2v) is 5.56. The van der Waals surface area contributed by atoms with Gasteiger partial charge in [0.25, 0.3) is 5.91 Å². The summed E-state index contributed by atoms with van der Waals surface area (Å²) in [5.41, 5.74) is 0. The molecule has 0 bridgehead atoms. The lowest BCUT2D eigenvalue weighted by molar-refractivity contribution is 0.0445. The van der Waals surface area contributed by atoms with E-state index >= 15 is 0 Å². The van der Waals surface area contributed by atoms with Gasteiger partial charge >= 0.3 is 0 Å². The summed E-state index contributed by atoms with van der Waals surface area (Å²) in [6, 6.07) is 8.96. The summed E-state index contributed by atoms with van der Waals surface area (Å²) < 4.78 is 23.8. The van der Waals surface area contributed by atoms with Crippen LogP contribution in [0.1, 0.15) is 29.2 Å². The number of benzene rings is 1. The molecule has 1 aromatic heterocycles. The zero-order valence-electron chi connectivity index (χ0n) is 12.6. The van der Waals surface area contributed by atoms with Crippen LogP contribution < -0.4 is 4.74 Å². The van der Waals surface area contributed by atoms with Crippen LogP contribution in [0.5, 0.6) is 5.75 Å². The highest BCUT2D eigenvalue weighted by molar-refractivity contribution is 5.91. The topological polar surface area (TPSA) is 62.9 Å². The normalized spacial score (nSPS) is 18.0. The van der Waals surface area contributed by atoms with Crippen LogP contribution in [-0.2, 0) is 6.61 Å². The van der Waals surface area contributed by atoms with Crippen molar-refractivity contribution in [2.45, 2.75) is 25.6 Å². The van der Waals surface area contributed by atoms with Gasteiger partial charge in [-0.3, -0.25) is 4.79 Å². The number of amides is 1. The number of β-amino-alcohol motifs (C(OH)–C–C–N with tert-alkyl or cyclic N) is 1. The third kappa shape index (κ3) is 3.90. The number of piperidine rings is 1. The molecule has 1 aliphatic heterocycles. The monoisotopic (exact) mass is 319 g/mol. The average Bonchev–Trinajstić information content (AvgIpc) is 3.02. The Labute approximate surface area is 133 Å². The van der Waals surface area contributed by atoms with Gasteiger partial charge in [0.1, 0.15) is 23.9 Å². The predicted octanol–water partition coefficient (Wildman–Crippen LogP) is 2.59. The first-order chi connectivity index (χ1) is 11.1. The Kier molecular flexibility index (Phi) is 4.62. The highest BCUT2D eigenvalue weighted by Gasteiger charge is 2.25. The van der Waals surface area contributed by atoms with E-state index in [1.807, 2.05) is 0 Å². The summed E-state index contributed by atoms with van der Waals surface area (Å²) in [7, 11) is 0. The molecule has 2 heterocycles. The van der Waals surface area contributed by atoms with Crippen molar-refractivity contribution < 1.29 is 23.4 Å². The Bertz CT molecular complexity index is 667. The number of hydrogen-bond acceptors (Lipinski definition) is 4. The lowest BCUT2D eigenvalue weighted by Crippen LogP contribution is -2.42. The van der Waals surface area contributed by atoms with E-state index in [-0.39, 0.29) is 24.1 Å². The Morgan fingerprint density at radius 2 is 2.09 bits per heavy atom. The Morgan fingerprint density at radius 3 is 2.83 bits per heavy atom. The van der Waals surface area contributed by atoms with Gasteiger partial charge in [-0.1, -0.05) is 0 Å². The van der Waals surface area contributed by atoms with Crippen LogP contribution in [-0.4, -0.2) is 35.1 Å². The van der Waals surface area contributed by atoms with E-state index in [1.54, 1.807) is 17.0 Å². The van der Waals surface area contributed by atoms with Gasteiger partial charge in [-0.05, 0) is 49.2 Å². The van der Waals surface area contributed by atoms with Crippen molar-refractivity contribution in [3.63, 3.8) is 0 Å². The number of halogens is 1. The van der Waals surface area contributed by atoms with Gasteiger partial charge in [0, 0.05) is 13.1 Å². The minimum Gasteiger partial charge on any atom is -0.486 e. The molecule has 1 amide bonds. The van der Waals surface area contributed by atoms with E-state index in [0.717, 1.165) is 12.8 Å². The van der Waals surface area contributed by atoms with Crippen molar-refractivity contribution in [1.29, 1.82) is 0 Å². The number of rotatable bonds is 4. The molecule has 0 saturated carbocycles. The van der Waals surface area contributed by atoms with Gasteiger partial charge in [0.2, 0.25) is 0 Å². The molecule has 5 nitrogen and oxygen atoms in total. The molecule has 1 atom stereocenters. The number of carbonyl (C=O) groups excluding carboxylic acids is 1. The van der Waals surface area contributed by atoms with Gasteiger partial charge < -0.3 is 19.2 Å². The van der Waals surface area contributed by atoms with Crippen molar-refractivity contribution in [3.05, 3.63) is 53.7 Å². The third-order valence-corrected chi connectivity index (χ3v) is 3.75. The Balaban J connectivity index is 1.59. The minimum absolute atomic E-state index is 0.154. The van der Waals surface area contributed by atoms with Gasteiger partial charge in [-0.15, -0.1) is 0 Å². The molecular formula is C17H18FNO4. The second kappa shape index (κ2) is 6.83. The van der Waals surface area contributed by atoms with Crippen molar-refractivity contribution in [1.82, 2.24) is 4.90 Å². The van der Waals surface area contributed by atoms with Crippen LogP contribution in [0.25, 0.3) is 0 Å². The molecule has 0 aliphatic carbocycles. The van der Waals surface area contributed by atoms with Crippen molar-refractivity contribution in [2.75, 3.05) is 13.1 Å². The average molecular weight is 319 g/mol. The largest absolute Gasteiger partial charge is 0.486 e. The number of aliphatic hydroxyl groups excluding tert-OH is 1. The minimum atomic E-state index is -0.469. The summed E-state index contributed by atoms with van der Waals surface area (Å²) in [6.45, 7) is 1.11. The van der Waals surface area contributed by atoms with Crippen LogP contribution in [0.15, 0.2) is 40.8 Å². The summed E-state index contributed by atoms with van der Waals surface area (Å²) in [5, 5.41) is 9.64. The molecule has 122 valence electrons. The number of likely N-dealkylation sites (tertiary alicyclic amines) is 1. The summed E-state index contributed by atoms with van der Waals surface area (Å²) in [5.74, 6) is 0.714. The SMILES string of the molecule is O=C(c1ccc(COc2ccc(F)cc2)o1)N1CCC[C@@H](O)C1. The molecule has 1 saturated heterocycles. The first-order valence-electron chi connectivity index (χ1n) is 7.56. The molecule has 2 aromatic rings. The van der Waals surface area contributed by atoms with Crippen molar-refractivity contribution in [3.8, 4) is 5.75 Å². The quantitative estimate of drug-likeness (QED) is 0.941. The Hall–Kier alpha value is -2.34. The molecule has 6 heteroatoms. The molecular weight excluding hydrogens is 301 g/mol. The van der Waals surface area contributed by atoms with Crippen molar-refractivity contribution in [2.24, 2.45) is 0 Å². The fourth-order valence-electron chi connectivity index (χ4n) is 2.55. The van der Waals surface area contributed by atoms with Gasteiger partial charge in [-0.25, -0.2) is 4.39 Å². The van der Waals surface area contributed by atoms with Gasteiger partial charge in [-0.2, -0.15) is 0 Å². The zero-order valence-corrected chi connectivity index (χ0v) is 12.6. The maximum Gasteiger partial charge on any atom is 0.289 e. The smallest absolute Gasteiger partial charge is 0.289 e. The molecule has 1 aromatic carbocycles. The first-order valence-corrected chi connectivity index (χ1v) is 7.56. The molecule has 0 unspecified atom stereocenters. The number of ether oxygens (including phenoxy) is 1. The van der Waals surface area contributed by atoms with Crippen molar-refractivity contribution >= 4 is 5.91 Å². The first kappa shape index (κ1) is 15.6. The van der Waals surface area contributed by atoms with Crippen LogP contribution in [0.2, 0.25) is 0 Å². The highest BCUT2D eigenvalue weighted by Crippen LogP contribution is 2.18. The van der Waals surface area contributed by atoms with Crippen LogP contribution in [0.3, 0.4) is 0 Å². The van der Waals surface area contributed by atoms with E-state index in [9.17, 15) is 14.3 Å². The maximum absolute atomic E-state index is 12.8. The maximum atomic E-state index is 12.8. The Morgan fingerprint density at radius 1 is 1.30 bits per heavy atom. The van der Waals surface area contributed by atoms with Gasteiger partial charge in [0.15, 0.2) is 5.76 Å².